The Kier molecular flexibility index (Phi) is 11.4. The van der Waals surface area contributed by atoms with Crippen molar-refractivity contribution in [3.05, 3.63) is 29.3 Å². The van der Waals surface area contributed by atoms with Crippen molar-refractivity contribution in [3.8, 4) is 5.75 Å². The first-order valence-electron chi connectivity index (χ1n) is 11.5. The monoisotopic (exact) mass is 545 g/mol. The van der Waals surface area contributed by atoms with Crippen molar-refractivity contribution in [3.63, 3.8) is 0 Å². The van der Waals surface area contributed by atoms with E-state index in [4.69, 9.17) is 19.2 Å². The summed E-state index contributed by atoms with van der Waals surface area (Å²) in [6, 6.07) is 6.37. The fraction of sp³-hybridized carbons (Fsp3) is 0.708. The Morgan fingerprint density at radius 2 is 2.06 bits per heavy atom. The molecule has 1 aromatic carbocycles. The number of nitrogens with zero attached hydrogens (tertiary/aromatic N) is 1. The fourth-order valence-electron chi connectivity index (χ4n) is 4.42. The molecule has 6 nitrogen and oxygen atoms in total. The third kappa shape index (κ3) is 8.09. The van der Waals surface area contributed by atoms with Crippen LogP contribution < -0.4 is 15.4 Å². The van der Waals surface area contributed by atoms with Gasteiger partial charge in [-0.1, -0.05) is 25.0 Å². The standard InChI is InChI=1S/C24H39N3O3.HI/c1-4-25-23(27-18-24(12-14-28-3)10-5-6-11-24)26-16-20-8-7-19(2)15-22(20)30-21-9-13-29-17-21;/h7-8,15,21H,4-6,9-14,16-18H2,1-3H3,(H2,25,26,27);1H. The zero-order chi connectivity index (χ0) is 21.2. The number of rotatable bonds is 10. The molecule has 0 spiro atoms. The first-order chi connectivity index (χ1) is 14.6. The highest BCUT2D eigenvalue weighted by atomic mass is 127. The van der Waals surface area contributed by atoms with Crippen molar-refractivity contribution in [2.75, 3.05) is 40.0 Å². The molecule has 1 saturated carbocycles. The van der Waals surface area contributed by atoms with E-state index in [2.05, 4.69) is 42.7 Å². The Labute approximate surface area is 204 Å². The van der Waals surface area contributed by atoms with Crippen molar-refractivity contribution in [2.45, 2.75) is 65.0 Å². The van der Waals surface area contributed by atoms with Gasteiger partial charge in [0.05, 0.1) is 19.8 Å². The van der Waals surface area contributed by atoms with Gasteiger partial charge in [-0.25, -0.2) is 4.99 Å². The van der Waals surface area contributed by atoms with E-state index in [0.29, 0.717) is 18.6 Å². The van der Waals surface area contributed by atoms with E-state index in [9.17, 15) is 0 Å². The van der Waals surface area contributed by atoms with Crippen LogP contribution in [0.1, 0.15) is 56.6 Å². The normalized spacial score (nSPS) is 20.4. The quantitative estimate of drug-likeness (QED) is 0.259. The lowest BCUT2D eigenvalue weighted by molar-refractivity contribution is 0.138. The number of hydrogen-bond donors (Lipinski definition) is 2. The highest BCUT2D eigenvalue weighted by Gasteiger charge is 2.33. The van der Waals surface area contributed by atoms with Crippen LogP contribution in [0, 0.1) is 12.3 Å². The van der Waals surface area contributed by atoms with Gasteiger partial charge in [0.2, 0.25) is 0 Å². The molecule has 0 bridgehead atoms. The van der Waals surface area contributed by atoms with Crippen LogP contribution in [0.25, 0.3) is 0 Å². The summed E-state index contributed by atoms with van der Waals surface area (Å²) >= 11 is 0. The lowest BCUT2D eigenvalue weighted by Crippen LogP contribution is -2.43. The molecular weight excluding hydrogens is 505 g/mol. The second-order valence-corrected chi connectivity index (χ2v) is 8.71. The minimum atomic E-state index is 0. The van der Waals surface area contributed by atoms with Crippen LogP contribution in [-0.4, -0.2) is 52.1 Å². The van der Waals surface area contributed by atoms with E-state index in [1.165, 1.54) is 31.2 Å². The largest absolute Gasteiger partial charge is 0.488 e. The summed E-state index contributed by atoms with van der Waals surface area (Å²) < 4.78 is 17.1. The van der Waals surface area contributed by atoms with Crippen molar-refractivity contribution in [1.29, 1.82) is 0 Å². The van der Waals surface area contributed by atoms with Gasteiger partial charge in [-0.2, -0.15) is 0 Å². The molecule has 1 unspecified atom stereocenters. The number of ether oxygens (including phenoxy) is 3. The molecule has 1 aliphatic carbocycles. The lowest BCUT2D eigenvalue weighted by atomic mass is 9.83. The van der Waals surface area contributed by atoms with Gasteiger partial charge in [0.15, 0.2) is 5.96 Å². The summed E-state index contributed by atoms with van der Waals surface area (Å²) in [7, 11) is 1.79. The predicted octanol–water partition coefficient (Wildman–Crippen LogP) is 4.43. The zero-order valence-corrected chi connectivity index (χ0v) is 21.7. The van der Waals surface area contributed by atoms with Crippen molar-refractivity contribution < 1.29 is 14.2 Å². The SMILES string of the molecule is CCNC(=NCc1ccc(C)cc1OC1CCOC1)NCC1(CCOC)CCCC1.I. The molecule has 31 heavy (non-hydrogen) atoms. The molecular formula is C24H40IN3O3. The second-order valence-electron chi connectivity index (χ2n) is 8.71. The Morgan fingerprint density at radius 1 is 1.26 bits per heavy atom. The number of guanidine groups is 1. The number of aryl methyl sites for hydroxylation is 1. The smallest absolute Gasteiger partial charge is 0.191 e. The van der Waals surface area contributed by atoms with Gasteiger partial charge in [0.25, 0.3) is 0 Å². The third-order valence-electron chi connectivity index (χ3n) is 6.29. The molecule has 2 aliphatic rings. The average molecular weight is 546 g/mol. The van der Waals surface area contributed by atoms with E-state index >= 15 is 0 Å². The van der Waals surface area contributed by atoms with Crippen molar-refractivity contribution in [2.24, 2.45) is 10.4 Å². The van der Waals surface area contributed by atoms with Gasteiger partial charge in [0.1, 0.15) is 11.9 Å². The Morgan fingerprint density at radius 3 is 2.74 bits per heavy atom. The van der Waals surface area contributed by atoms with Crippen LogP contribution in [0.15, 0.2) is 23.2 Å². The summed E-state index contributed by atoms with van der Waals surface area (Å²) in [6.45, 7) is 8.85. The van der Waals surface area contributed by atoms with Gasteiger partial charge in [-0.3, -0.25) is 0 Å². The van der Waals surface area contributed by atoms with E-state index in [1.807, 2.05) is 0 Å². The van der Waals surface area contributed by atoms with Crippen molar-refractivity contribution in [1.82, 2.24) is 10.6 Å². The number of methoxy groups -OCH3 is 1. The summed E-state index contributed by atoms with van der Waals surface area (Å²) in [5.74, 6) is 1.80. The van der Waals surface area contributed by atoms with Crippen LogP contribution in [-0.2, 0) is 16.0 Å². The molecule has 7 heteroatoms. The molecule has 3 rings (SSSR count). The molecule has 176 valence electrons. The van der Waals surface area contributed by atoms with Crippen LogP contribution in [0.5, 0.6) is 5.75 Å². The predicted molar refractivity (Wildman–Crippen MR) is 137 cm³/mol. The molecule has 0 radical (unpaired) electrons. The van der Waals surface area contributed by atoms with Crippen LogP contribution in [0.3, 0.4) is 0 Å². The summed E-state index contributed by atoms with van der Waals surface area (Å²) in [6.07, 6.45) is 7.36. The molecule has 1 atom stereocenters. The van der Waals surface area contributed by atoms with Gasteiger partial charge in [-0.15, -0.1) is 24.0 Å². The molecule has 0 amide bonds. The van der Waals surface area contributed by atoms with E-state index in [-0.39, 0.29) is 30.1 Å². The van der Waals surface area contributed by atoms with E-state index in [1.54, 1.807) is 7.11 Å². The number of aliphatic imine (C=N–C) groups is 1. The van der Waals surface area contributed by atoms with Gasteiger partial charge in [-0.05, 0) is 50.2 Å². The number of hydrogen-bond acceptors (Lipinski definition) is 4. The topological polar surface area (TPSA) is 64.1 Å². The molecule has 1 aliphatic heterocycles. The second kappa shape index (κ2) is 13.5. The summed E-state index contributed by atoms with van der Waals surface area (Å²) in [4.78, 5) is 4.87. The van der Waals surface area contributed by atoms with Gasteiger partial charge >= 0.3 is 0 Å². The maximum atomic E-state index is 6.23. The average Bonchev–Trinajstić information content (AvgIpc) is 3.42. The summed E-state index contributed by atoms with van der Waals surface area (Å²) in [5.41, 5.74) is 2.63. The summed E-state index contributed by atoms with van der Waals surface area (Å²) in [5, 5.41) is 7.01. The van der Waals surface area contributed by atoms with Gasteiger partial charge < -0.3 is 24.8 Å². The Hall–Kier alpha value is -1.06. The van der Waals surface area contributed by atoms with Gasteiger partial charge in [0, 0.05) is 38.8 Å². The third-order valence-corrected chi connectivity index (χ3v) is 6.29. The van der Waals surface area contributed by atoms with E-state index in [0.717, 1.165) is 56.4 Å². The zero-order valence-electron chi connectivity index (χ0n) is 19.4. The molecule has 0 aromatic heterocycles. The van der Waals surface area contributed by atoms with Crippen LogP contribution in [0.2, 0.25) is 0 Å². The molecule has 2 fully saturated rings. The maximum Gasteiger partial charge on any atom is 0.191 e. The molecule has 1 saturated heterocycles. The van der Waals surface area contributed by atoms with Crippen LogP contribution >= 0.6 is 24.0 Å². The van der Waals surface area contributed by atoms with E-state index < -0.39 is 0 Å². The number of halogens is 1. The number of nitrogens with one attached hydrogen (secondary N) is 2. The highest BCUT2D eigenvalue weighted by molar-refractivity contribution is 14.0. The highest BCUT2D eigenvalue weighted by Crippen LogP contribution is 2.40. The first kappa shape index (κ1) is 26.2. The maximum absolute atomic E-state index is 6.23. The minimum Gasteiger partial charge on any atom is -0.488 e. The Balaban J connectivity index is 0.00000341. The molecule has 2 N–H and O–H groups in total. The molecule has 1 aromatic rings. The fourth-order valence-corrected chi connectivity index (χ4v) is 4.42. The minimum absolute atomic E-state index is 0. The van der Waals surface area contributed by atoms with Crippen molar-refractivity contribution >= 4 is 29.9 Å². The Bertz CT molecular complexity index is 687. The van der Waals surface area contributed by atoms with Crippen LogP contribution in [0.4, 0.5) is 0 Å². The molecule has 1 heterocycles. The first-order valence-corrected chi connectivity index (χ1v) is 11.5. The number of benzene rings is 1. The lowest BCUT2D eigenvalue weighted by Gasteiger charge is -2.30.